The van der Waals surface area contributed by atoms with Crippen LogP contribution in [0.4, 0.5) is 0 Å². The molecule has 0 saturated carbocycles. The number of hydrogen-bond acceptors (Lipinski definition) is 3. The van der Waals surface area contributed by atoms with Gasteiger partial charge < -0.3 is 14.8 Å². The zero-order valence-corrected chi connectivity index (χ0v) is 15.6. The molecular formula is C16H26Cl3NO2. The fourth-order valence-corrected chi connectivity index (χ4v) is 2.51. The van der Waals surface area contributed by atoms with Crippen LogP contribution in [0.25, 0.3) is 0 Å². The molecule has 0 amide bonds. The highest BCUT2D eigenvalue weighted by Crippen LogP contribution is 2.32. The molecule has 0 aliphatic carbocycles. The summed E-state index contributed by atoms with van der Waals surface area (Å²) >= 11 is 12.2. The van der Waals surface area contributed by atoms with E-state index in [0.717, 1.165) is 43.9 Å². The molecule has 0 aliphatic heterocycles. The predicted octanol–water partition coefficient (Wildman–Crippen LogP) is 5.11. The Kier molecular flexibility index (Phi) is 13.2. The molecule has 1 rings (SSSR count). The van der Waals surface area contributed by atoms with Gasteiger partial charge in [0.25, 0.3) is 0 Å². The van der Waals surface area contributed by atoms with Crippen LogP contribution in [0, 0.1) is 0 Å². The van der Waals surface area contributed by atoms with Crippen LogP contribution in [0.5, 0.6) is 5.75 Å². The molecule has 1 N–H and O–H groups in total. The van der Waals surface area contributed by atoms with E-state index in [9.17, 15) is 0 Å². The third kappa shape index (κ3) is 8.44. The summed E-state index contributed by atoms with van der Waals surface area (Å²) in [5, 5.41) is 4.56. The van der Waals surface area contributed by atoms with Crippen molar-refractivity contribution < 1.29 is 9.47 Å². The van der Waals surface area contributed by atoms with Gasteiger partial charge in [-0.15, -0.1) is 12.4 Å². The Labute approximate surface area is 150 Å². The van der Waals surface area contributed by atoms with E-state index in [4.69, 9.17) is 32.7 Å². The maximum absolute atomic E-state index is 6.17. The second-order valence-electron chi connectivity index (χ2n) is 4.81. The minimum Gasteiger partial charge on any atom is -0.492 e. The molecule has 0 aliphatic rings. The number of hydrogen-bond donors (Lipinski definition) is 1. The predicted molar refractivity (Wildman–Crippen MR) is 96.9 cm³/mol. The highest BCUT2D eigenvalue weighted by Gasteiger charge is 2.10. The molecule has 0 fully saturated rings. The molecule has 0 unspecified atom stereocenters. The third-order valence-corrected chi connectivity index (χ3v) is 3.47. The van der Waals surface area contributed by atoms with Crippen molar-refractivity contribution in [3.8, 4) is 5.75 Å². The summed E-state index contributed by atoms with van der Waals surface area (Å²) in [6.07, 6.45) is 3.29. The van der Waals surface area contributed by atoms with E-state index in [0.29, 0.717) is 23.2 Å². The van der Waals surface area contributed by atoms with E-state index in [2.05, 4.69) is 12.2 Å². The zero-order chi connectivity index (χ0) is 15.5. The Balaban J connectivity index is 0.00000441. The number of benzene rings is 1. The van der Waals surface area contributed by atoms with Gasteiger partial charge in [0.1, 0.15) is 5.75 Å². The van der Waals surface area contributed by atoms with Gasteiger partial charge in [0.2, 0.25) is 0 Å². The van der Waals surface area contributed by atoms with Gasteiger partial charge in [-0.05, 0) is 38.4 Å². The summed E-state index contributed by atoms with van der Waals surface area (Å²) in [6, 6.07) is 3.60. The smallest absolute Gasteiger partial charge is 0.142 e. The SMILES string of the molecule is CCCCOCCCNCc1cc(Cl)cc(Cl)c1OCC.Cl. The van der Waals surface area contributed by atoms with Crippen molar-refractivity contribution in [3.05, 3.63) is 27.7 Å². The maximum atomic E-state index is 6.17. The van der Waals surface area contributed by atoms with Gasteiger partial charge in [-0.2, -0.15) is 0 Å². The normalized spacial score (nSPS) is 10.4. The molecule has 0 saturated heterocycles. The average molecular weight is 371 g/mol. The second-order valence-corrected chi connectivity index (χ2v) is 5.65. The van der Waals surface area contributed by atoms with E-state index in [1.807, 2.05) is 13.0 Å². The van der Waals surface area contributed by atoms with Crippen molar-refractivity contribution in [3.63, 3.8) is 0 Å². The van der Waals surface area contributed by atoms with Crippen LogP contribution in [0.3, 0.4) is 0 Å². The molecule has 0 spiro atoms. The monoisotopic (exact) mass is 369 g/mol. The number of nitrogens with one attached hydrogen (secondary N) is 1. The number of halogens is 3. The van der Waals surface area contributed by atoms with Gasteiger partial charge in [-0.1, -0.05) is 36.5 Å². The standard InChI is InChI=1S/C16H25Cl2NO2.ClH/c1-3-5-8-20-9-6-7-19-12-13-10-14(17)11-15(18)16(13)21-4-2;/h10-11,19H,3-9,12H2,1-2H3;1H. The Morgan fingerprint density at radius 2 is 1.82 bits per heavy atom. The second kappa shape index (κ2) is 13.3. The quantitative estimate of drug-likeness (QED) is 0.549. The average Bonchev–Trinajstić information content (AvgIpc) is 2.45. The van der Waals surface area contributed by atoms with Crippen molar-refractivity contribution in [2.24, 2.45) is 0 Å². The van der Waals surface area contributed by atoms with Gasteiger partial charge >= 0.3 is 0 Å². The fourth-order valence-electron chi connectivity index (χ4n) is 1.92. The van der Waals surface area contributed by atoms with E-state index in [1.54, 1.807) is 6.07 Å². The van der Waals surface area contributed by atoms with Crippen molar-refractivity contribution in [2.45, 2.75) is 39.7 Å². The van der Waals surface area contributed by atoms with Crippen molar-refractivity contribution in [1.82, 2.24) is 5.32 Å². The number of rotatable bonds is 11. The van der Waals surface area contributed by atoms with Gasteiger partial charge in [-0.25, -0.2) is 0 Å². The lowest BCUT2D eigenvalue weighted by Crippen LogP contribution is -2.17. The largest absolute Gasteiger partial charge is 0.492 e. The highest BCUT2D eigenvalue weighted by atomic mass is 35.5. The Hall–Kier alpha value is -0.190. The lowest BCUT2D eigenvalue weighted by atomic mass is 10.2. The van der Waals surface area contributed by atoms with Crippen molar-refractivity contribution in [2.75, 3.05) is 26.4 Å². The molecular weight excluding hydrogens is 345 g/mol. The minimum atomic E-state index is 0. The molecule has 0 aromatic heterocycles. The minimum absolute atomic E-state index is 0. The first-order chi connectivity index (χ1) is 10.2. The summed E-state index contributed by atoms with van der Waals surface area (Å²) in [4.78, 5) is 0. The molecule has 0 bridgehead atoms. The molecule has 0 radical (unpaired) electrons. The summed E-state index contributed by atoms with van der Waals surface area (Å²) < 4.78 is 11.1. The van der Waals surface area contributed by atoms with Gasteiger partial charge in [0.05, 0.1) is 11.6 Å². The zero-order valence-electron chi connectivity index (χ0n) is 13.3. The summed E-state index contributed by atoms with van der Waals surface area (Å²) in [5.41, 5.74) is 0.987. The topological polar surface area (TPSA) is 30.5 Å². The van der Waals surface area contributed by atoms with Crippen LogP contribution >= 0.6 is 35.6 Å². The molecule has 0 atom stereocenters. The molecule has 1 aromatic carbocycles. The van der Waals surface area contributed by atoms with Crippen LogP contribution in [-0.4, -0.2) is 26.4 Å². The van der Waals surface area contributed by atoms with Crippen LogP contribution in [-0.2, 0) is 11.3 Å². The Bertz CT molecular complexity index is 417. The Morgan fingerprint density at radius 1 is 1.09 bits per heavy atom. The first kappa shape index (κ1) is 21.8. The molecule has 6 heteroatoms. The van der Waals surface area contributed by atoms with Gasteiger partial charge in [0, 0.05) is 30.3 Å². The van der Waals surface area contributed by atoms with Crippen LogP contribution in [0.1, 0.15) is 38.7 Å². The van der Waals surface area contributed by atoms with E-state index >= 15 is 0 Å². The first-order valence-corrected chi connectivity index (χ1v) is 8.33. The number of ether oxygens (including phenoxy) is 2. The molecule has 22 heavy (non-hydrogen) atoms. The lowest BCUT2D eigenvalue weighted by Gasteiger charge is -2.13. The van der Waals surface area contributed by atoms with Crippen molar-refractivity contribution in [1.29, 1.82) is 0 Å². The van der Waals surface area contributed by atoms with Crippen molar-refractivity contribution >= 4 is 35.6 Å². The molecule has 128 valence electrons. The first-order valence-electron chi connectivity index (χ1n) is 7.58. The molecule has 3 nitrogen and oxygen atoms in total. The highest BCUT2D eigenvalue weighted by molar-refractivity contribution is 6.35. The van der Waals surface area contributed by atoms with Gasteiger partial charge in [0.15, 0.2) is 0 Å². The van der Waals surface area contributed by atoms with E-state index < -0.39 is 0 Å². The summed E-state index contributed by atoms with van der Waals surface area (Å²) in [7, 11) is 0. The van der Waals surface area contributed by atoms with Crippen LogP contribution in [0.2, 0.25) is 10.0 Å². The van der Waals surface area contributed by atoms with E-state index in [-0.39, 0.29) is 12.4 Å². The van der Waals surface area contributed by atoms with Gasteiger partial charge in [-0.3, -0.25) is 0 Å². The maximum Gasteiger partial charge on any atom is 0.142 e. The fraction of sp³-hybridized carbons (Fsp3) is 0.625. The van der Waals surface area contributed by atoms with E-state index in [1.165, 1.54) is 6.42 Å². The molecule has 0 heterocycles. The third-order valence-electron chi connectivity index (χ3n) is 2.97. The molecule has 1 aromatic rings. The van der Waals surface area contributed by atoms with Crippen LogP contribution in [0.15, 0.2) is 12.1 Å². The van der Waals surface area contributed by atoms with Crippen LogP contribution < -0.4 is 10.1 Å². The summed E-state index contributed by atoms with van der Waals surface area (Å²) in [5.74, 6) is 0.718. The number of unbranched alkanes of at least 4 members (excludes halogenated alkanes) is 1. The summed E-state index contributed by atoms with van der Waals surface area (Å²) in [6.45, 7) is 7.91. The Morgan fingerprint density at radius 3 is 2.50 bits per heavy atom. The lowest BCUT2D eigenvalue weighted by molar-refractivity contribution is 0.128.